The normalized spacial score (nSPS) is 11.8. The van der Waals surface area contributed by atoms with Gasteiger partial charge in [-0.15, -0.1) is 11.3 Å². The van der Waals surface area contributed by atoms with Crippen LogP contribution in [0.5, 0.6) is 5.75 Å². The van der Waals surface area contributed by atoms with Gasteiger partial charge < -0.3 is 4.74 Å². The highest BCUT2D eigenvalue weighted by atomic mass is 32.1. The van der Waals surface area contributed by atoms with Gasteiger partial charge in [-0.2, -0.15) is 13.2 Å². The number of hydrogen-bond donors (Lipinski definition) is 0. The fraction of sp³-hybridized carbons (Fsp3) is 0.333. The average molecular weight is 289 g/mol. The summed E-state index contributed by atoms with van der Waals surface area (Å²) in [5.74, 6) is 0.0134. The van der Waals surface area contributed by atoms with Crippen molar-refractivity contribution in [1.29, 1.82) is 0 Å². The predicted molar refractivity (Wildman–Crippen MR) is 65.8 cm³/mol. The van der Waals surface area contributed by atoms with E-state index >= 15 is 0 Å². The van der Waals surface area contributed by atoms with Crippen molar-refractivity contribution in [2.24, 2.45) is 0 Å². The fourth-order valence-electron chi connectivity index (χ4n) is 1.68. The van der Waals surface area contributed by atoms with Crippen LogP contribution in [0.15, 0.2) is 12.1 Å². The van der Waals surface area contributed by atoms with E-state index in [1.54, 1.807) is 6.92 Å². The van der Waals surface area contributed by atoms with Crippen LogP contribution in [0.2, 0.25) is 0 Å². The molecule has 0 fully saturated rings. The number of Topliss-reactive ketones (excluding diaryl/α,β-unsaturated/α-hetero) is 1. The lowest BCUT2D eigenvalue weighted by molar-refractivity contribution is -0.137. The number of fused-ring (bicyclic) bond motifs is 1. The zero-order valence-electron chi connectivity index (χ0n) is 10.2. The second-order valence-corrected chi connectivity index (χ2v) is 4.79. The van der Waals surface area contributed by atoms with Gasteiger partial charge >= 0.3 is 6.18 Å². The molecule has 1 aromatic heterocycles. The third-order valence-electron chi connectivity index (χ3n) is 2.59. The number of hydrogen-bond acceptors (Lipinski definition) is 4. The van der Waals surface area contributed by atoms with Crippen LogP contribution in [0.1, 0.15) is 28.7 Å². The van der Waals surface area contributed by atoms with E-state index in [2.05, 4.69) is 4.98 Å². The highest BCUT2D eigenvalue weighted by Gasteiger charge is 2.36. The van der Waals surface area contributed by atoms with Gasteiger partial charge in [-0.3, -0.25) is 4.79 Å². The summed E-state index contributed by atoms with van der Waals surface area (Å²) in [4.78, 5) is 15.3. The minimum absolute atomic E-state index is 0.0825. The highest BCUT2D eigenvalue weighted by Crippen LogP contribution is 2.39. The molecule has 3 nitrogen and oxygen atoms in total. The first-order chi connectivity index (χ1) is 8.88. The molecule has 0 saturated carbocycles. The van der Waals surface area contributed by atoms with Gasteiger partial charge in [0, 0.05) is 12.0 Å². The number of alkyl halides is 3. The zero-order valence-corrected chi connectivity index (χ0v) is 11.0. The molecule has 0 unspecified atom stereocenters. The molecule has 1 aromatic carbocycles. The lowest BCUT2D eigenvalue weighted by atomic mass is 10.1. The number of rotatable bonds is 3. The third kappa shape index (κ3) is 2.42. The molecule has 0 aliphatic carbocycles. The average Bonchev–Trinajstić information content (AvgIpc) is 2.81. The van der Waals surface area contributed by atoms with E-state index in [0.717, 1.165) is 0 Å². The molecule has 0 radical (unpaired) electrons. The second-order valence-electron chi connectivity index (χ2n) is 3.79. The summed E-state index contributed by atoms with van der Waals surface area (Å²) in [6, 6.07) is 2.94. The first-order valence-electron chi connectivity index (χ1n) is 5.46. The minimum Gasteiger partial charge on any atom is -0.494 e. The Bertz CT molecular complexity index is 634. The number of nitrogens with zero attached hydrogens (tertiary/aromatic N) is 1. The van der Waals surface area contributed by atoms with Gasteiger partial charge in [0.1, 0.15) is 11.3 Å². The van der Waals surface area contributed by atoms with E-state index in [1.165, 1.54) is 19.2 Å². The van der Waals surface area contributed by atoms with Crippen LogP contribution < -0.4 is 4.74 Å². The molecule has 0 bridgehead atoms. The number of carbonyl (C=O) groups excluding carboxylic acids is 1. The van der Waals surface area contributed by atoms with Crippen LogP contribution in [-0.4, -0.2) is 17.9 Å². The molecule has 2 aromatic rings. The number of aromatic nitrogens is 1. The van der Waals surface area contributed by atoms with Crippen molar-refractivity contribution in [2.45, 2.75) is 19.5 Å². The second kappa shape index (κ2) is 4.80. The Kier molecular flexibility index (Phi) is 3.49. The number of benzene rings is 1. The molecule has 0 atom stereocenters. The van der Waals surface area contributed by atoms with Gasteiger partial charge in [-0.05, 0) is 12.1 Å². The Morgan fingerprint density at radius 3 is 2.63 bits per heavy atom. The van der Waals surface area contributed by atoms with Crippen molar-refractivity contribution in [3.05, 3.63) is 22.7 Å². The van der Waals surface area contributed by atoms with Gasteiger partial charge in [0.05, 0.1) is 11.8 Å². The highest BCUT2D eigenvalue weighted by molar-refractivity contribution is 7.19. The van der Waals surface area contributed by atoms with Crippen LogP contribution in [0.25, 0.3) is 10.2 Å². The van der Waals surface area contributed by atoms with E-state index < -0.39 is 11.2 Å². The van der Waals surface area contributed by atoms with Gasteiger partial charge in [-0.1, -0.05) is 6.92 Å². The standard InChI is InChI=1S/C12H10F3NO2S/c1-3-7(17)6-4-5-8(18-2)9-10(6)19-11(16-9)12(13,14)15/h4-5H,3H2,1-2H3. The molecule has 7 heteroatoms. The van der Waals surface area contributed by atoms with Crippen LogP contribution in [0.4, 0.5) is 13.2 Å². The molecule has 0 spiro atoms. The first kappa shape index (κ1) is 13.8. The summed E-state index contributed by atoms with van der Waals surface area (Å²) in [6.45, 7) is 1.66. The zero-order chi connectivity index (χ0) is 14.2. The lowest BCUT2D eigenvalue weighted by Gasteiger charge is -2.03. The molecule has 2 rings (SSSR count). The summed E-state index contributed by atoms with van der Waals surface area (Å²) >= 11 is 0.467. The Balaban J connectivity index is 2.74. The summed E-state index contributed by atoms with van der Waals surface area (Å²) < 4.78 is 43.3. The maximum atomic E-state index is 12.7. The van der Waals surface area contributed by atoms with Crippen LogP contribution in [-0.2, 0) is 6.18 Å². The molecule has 19 heavy (non-hydrogen) atoms. The monoisotopic (exact) mass is 289 g/mol. The number of methoxy groups -OCH3 is 1. The van der Waals surface area contributed by atoms with E-state index in [9.17, 15) is 18.0 Å². The quantitative estimate of drug-likeness (QED) is 0.804. The smallest absolute Gasteiger partial charge is 0.443 e. The summed E-state index contributed by atoms with van der Waals surface area (Å²) in [5, 5.41) is -0.975. The number of ketones is 1. The minimum atomic E-state index is -4.53. The van der Waals surface area contributed by atoms with E-state index in [4.69, 9.17) is 4.74 Å². The number of thiazole rings is 1. The number of halogens is 3. The van der Waals surface area contributed by atoms with E-state index in [0.29, 0.717) is 11.3 Å². The van der Waals surface area contributed by atoms with E-state index in [1.807, 2.05) is 0 Å². The predicted octanol–water partition coefficient (Wildman–Crippen LogP) is 3.92. The van der Waals surface area contributed by atoms with Gasteiger partial charge in [0.2, 0.25) is 0 Å². The Hall–Kier alpha value is -1.63. The maximum absolute atomic E-state index is 12.7. The van der Waals surface area contributed by atoms with Gasteiger partial charge in [-0.25, -0.2) is 4.98 Å². The summed E-state index contributed by atoms with van der Waals surface area (Å²) in [7, 11) is 1.35. The molecule has 1 heterocycles. The van der Waals surface area contributed by atoms with Crippen molar-refractivity contribution >= 4 is 27.3 Å². The first-order valence-corrected chi connectivity index (χ1v) is 6.28. The van der Waals surface area contributed by atoms with Crippen LogP contribution in [0, 0.1) is 0 Å². The molecule has 0 amide bonds. The molecule has 0 aliphatic rings. The number of carbonyl (C=O) groups is 1. The summed E-state index contributed by atoms with van der Waals surface area (Å²) in [5.41, 5.74) is 0.338. The fourth-order valence-corrected chi connectivity index (χ4v) is 2.66. The lowest BCUT2D eigenvalue weighted by Crippen LogP contribution is -2.03. The van der Waals surface area contributed by atoms with Crippen molar-refractivity contribution in [3.8, 4) is 5.75 Å². The molecule has 0 aliphatic heterocycles. The number of ether oxygens (including phenoxy) is 1. The van der Waals surface area contributed by atoms with Crippen LogP contribution in [0.3, 0.4) is 0 Å². The topological polar surface area (TPSA) is 39.2 Å². The van der Waals surface area contributed by atoms with Gasteiger partial charge in [0.25, 0.3) is 0 Å². The molecule has 0 saturated heterocycles. The van der Waals surface area contributed by atoms with Crippen molar-refractivity contribution in [1.82, 2.24) is 4.98 Å². The van der Waals surface area contributed by atoms with Crippen molar-refractivity contribution in [3.63, 3.8) is 0 Å². The molecular weight excluding hydrogens is 279 g/mol. The Morgan fingerprint density at radius 2 is 2.11 bits per heavy atom. The van der Waals surface area contributed by atoms with Crippen molar-refractivity contribution < 1.29 is 22.7 Å². The Labute approximate surface area is 111 Å². The van der Waals surface area contributed by atoms with Crippen molar-refractivity contribution in [2.75, 3.05) is 7.11 Å². The van der Waals surface area contributed by atoms with E-state index in [-0.39, 0.29) is 33.7 Å². The molecule has 102 valence electrons. The summed E-state index contributed by atoms with van der Waals surface area (Å²) in [6.07, 6.45) is -4.30. The maximum Gasteiger partial charge on any atom is 0.443 e. The molecular formula is C12H10F3NO2S. The molecule has 0 N–H and O–H groups in total. The SMILES string of the molecule is CCC(=O)c1ccc(OC)c2nc(C(F)(F)F)sc12. The third-order valence-corrected chi connectivity index (χ3v) is 3.72. The largest absolute Gasteiger partial charge is 0.494 e. The Morgan fingerprint density at radius 1 is 1.42 bits per heavy atom. The van der Waals surface area contributed by atoms with Crippen LogP contribution >= 0.6 is 11.3 Å². The van der Waals surface area contributed by atoms with Gasteiger partial charge in [0.15, 0.2) is 10.8 Å².